The van der Waals surface area contributed by atoms with Crippen LogP contribution >= 0.6 is 0 Å². The van der Waals surface area contributed by atoms with E-state index in [2.05, 4.69) is 25.1 Å². The van der Waals surface area contributed by atoms with Crippen LogP contribution in [0.4, 0.5) is 0 Å². The molecule has 7 heteroatoms. The molecule has 0 unspecified atom stereocenters. The minimum absolute atomic E-state index is 0.0407. The Bertz CT molecular complexity index is 717. The number of hydrogen-bond acceptors (Lipinski definition) is 4. The van der Waals surface area contributed by atoms with Gasteiger partial charge >= 0.3 is 0 Å². The third-order valence-corrected chi connectivity index (χ3v) is 5.05. The van der Waals surface area contributed by atoms with Crippen LogP contribution in [0.1, 0.15) is 54.5 Å². The first-order chi connectivity index (χ1) is 11.6. The van der Waals surface area contributed by atoms with Crippen molar-refractivity contribution in [2.75, 3.05) is 0 Å². The first-order valence-electron chi connectivity index (χ1n) is 8.59. The molecule has 0 spiro atoms. The van der Waals surface area contributed by atoms with E-state index in [-0.39, 0.29) is 24.2 Å². The number of amides is 1. The molecule has 1 aliphatic carbocycles. The third-order valence-electron chi connectivity index (χ3n) is 5.05. The Hall–Kier alpha value is -2.15. The number of nitrogens with zero attached hydrogens (tertiary/aromatic N) is 3. The van der Waals surface area contributed by atoms with Gasteiger partial charge in [0.25, 0.3) is 5.91 Å². The van der Waals surface area contributed by atoms with Crippen molar-refractivity contribution in [2.24, 2.45) is 5.92 Å². The SMILES string of the molecule is C[C@@H]1Cc2c(C(=O)NC3CC(Cn4ccnc4)C3)n[nH]c2[C@H](C)O1. The van der Waals surface area contributed by atoms with Crippen LogP contribution in [0.2, 0.25) is 0 Å². The monoisotopic (exact) mass is 329 g/mol. The van der Waals surface area contributed by atoms with E-state index in [0.717, 1.165) is 37.1 Å². The van der Waals surface area contributed by atoms with E-state index in [1.807, 2.05) is 26.4 Å². The number of H-pyrrole nitrogens is 1. The molecule has 2 atom stereocenters. The van der Waals surface area contributed by atoms with Gasteiger partial charge in [0.05, 0.1) is 24.2 Å². The number of imidazole rings is 1. The summed E-state index contributed by atoms with van der Waals surface area (Å²) >= 11 is 0. The molecule has 2 aromatic heterocycles. The maximum Gasteiger partial charge on any atom is 0.272 e. The molecule has 2 aliphatic rings. The summed E-state index contributed by atoms with van der Waals surface area (Å²) in [5.41, 5.74) is 2.47. The van der Waals surface area contributed by atoms with Gasteiger partial charge in [0, 0.05) is 37.0 Å². The number of carbonyl (C=O) groups excluding carboxylic acids is 1. The number of aromatic nitrogens is 4. The minimum Gasteiger partial charge on any atom is -0.369 e. The fourth-order valence-corrected chi connectivity index (χ4v) is 3.81. The van der Waals surface area contributed by atoms with Gasteiger partial charge in [-0.2, -0.15) is 5.10 Å². The van der Waals surface area contributed by atoms with Crippen LogP contribution < -0.4 is 5.32 Å². The molecule has 1 aliphatic heterocycles. The summed E-state index contributed by atoms with van der Waals surface area (Å²) in [6.45, 7) is 4.98. The molecule has 2 aromatic rings. The highest BCUT2D eigenvalue weighted by atomic mass is 16.5. The summed E-state index contributed by atoms with van der Waals surface area (Å²) in [5.74, 6) is 0.533. The second-order valence-corrected chi connectivity index (χ2v) is 7.02. The Morgan fingerprint density at radius 2 is 2.29 bits per heavy atom. The van der Waals surface area contributed by atoms with Gasteiger partial charge in [-0.3, -0.25) is 9.89 Å². The Labute approximate surface area is 140 Å². The molecule has 1 amide bonds. The van der Waals surface area contributed by atoms with Crippen molar-refractivity contribution in [1.29, 1.82) is 0 Å². The fraction of sp³-hybridized carbons (Fsp3) is 0.588. The predicted octanol–water partition coefficient (Wildman–Crippen LogP) is 1.84. The number of ether oxygens (including phenoxy) is 1. The highest BCUT2D eigenvalue weighted by molar-refractivity contribution is 5.94. The second-order valence-electron chi connectivity index (χ2n) is 7.02. The number of hydrogen-bond donors (Lipinski definition) is 2. The lowest BCUT2D eigenvalue weighted by Gasteiger charge is -2.36. The van der Waals surface area contributed by atoms with Crippen LogP contribution in [0.3, 0.4) is 0 Å². The highest BCUT2D eigenvalue weighted by Gasteiger charge is 2.33. The summed E-state index contributed by atoms with van der Waals surface area (Å²) in [6, 6.07) is 0.244. The average Bonchev–Trinajstić information content (AvgIpc) is 3.13. The molecule has 2 N–H and O–H groups in total. The zero-order chi connectivity index (χ0) is 16.7. The van der Waals surface area contributed by atoms with Crippen molar-refractivity contribution in [2.45, 2.75) is 57.9 Å². The van der Waals surface area contributed by atoms with Crippen LogP contribution in [0.5, 0.6) is 0 Å². The fourth-order valence-electron chi connectivity index (χ4n) is 3.81. The van der Waals surface area contributed by atoms with E-state index < -0.39 is 0 Å². The number of aromatic amines is 1. The topological polar surface area (TPSA) is 84.8 Å². The van der Waals surface area contributed by atoms with E-state index in [0.29, 0.717) is 11.6 Å². The maximum absolute atomic E-state index is 12.6. The van der Waals surface area contributed by atoms with Gasteiger partial charge in [-0.25, -0.2) is 4.98 Å². The van der Waals surface area contributed by atoms with Crippen LogP contribution in [0.25, 0.3) is 0 Å². The maximum atomic E-state index is 12.6. The molecule has 128 valence electrons. The molecular weight excluding hydrogens is 306 g/mol. The van der Waals surface area contributed by atoms with Crippen molar-refractivity contribution >= 4 is 5.91 Å². The minimum atomic E-state index is -0.0696. The largest absolute Gasteiger partial charge is 0.369 e. The summed E-state index contributed by atoms with van der Waals surface area (Å²) in [5, 5.41) is 10.3. The predicted molar refractivity (Wildman–Crippen MR) is 87.5 cm³/mol. The molecule has 24 heavy (non-hydrogen) atoms. The van der Waals surface area contributed by atoms with Crippen LogP contribution in [0.15, 0.2) is 18.7 Å². The zero-order valence-corrected chi connectivity index (χ0v) is 14.0. The molecule has 3 heterocycles. The van der Waals surface area contributed by atoms with Crippen molar-refractivity contribution in [3.63, 3.8) is 0 Å². The van der Waals surface area contributed by atoms with Crippen molar-refractivity contribution < 1.29 is 9.53 Å². The van der Waals surface area contributed by atoms with Crippen molar-refractivity contribution in [1.82, 2.24) is 25.1 Å². The van der Waals surface area contributed by atoms with E-state index >= 15 is 0 Å². The van der Waals surface area contributed by atoms with E-state index in [4.69, 9.17) is 4.74 Å². The van der Waals surface area contributed by atoms with E-state index in [1.54, 1.807) is 6.20 Å². The Balaban J connectivity index is 1.35. The lowest BCUT2D eigenvalue weighted by molar-refractivity contribution is -0.00698. The highest BCUT2D eigenvalue weighted by Crippen LogP contribution is 2.32. The number of rotatable bonds is 4. The van der Waals surface area contributed by atoms with Crippen molar-refractivity contribution in [3.8, 4) is 0 Å². The molecule has 1 saturated carbocycles. The molecule has 0 aromatic carbocycles. The number of carbonyl (C=O) groups is 1. The lowest BCUT2D eigenvalue weighted by Crippen LogP contribution is -2.45. The molecule has 1 fully saturated rings. The van der Waals surface area contributed by atoms with E-state index in [9.17, 15) is 4.79 Å². The Kier molecular flexibility index (Phi) is 3.88. The molecule has 0 radical (unpaired) electrons. The summed E-state index contributed by atoms with van der Waals surface area (Å²) in [6.07, 6.45) is 8.43. The average molecular weight is 329 g/mol. The van der Waals surface area contributed by atoms with Crippen LogP contribution in [-0.4, -0.2) is 37.8 Å². The normalized spacial score (nSPS) is 28.9. The van der Waals surface area contributed by atoms with Gasteiger partial charge in [0.2, 0.25) is 0 Å². The smallest absolute Gasteiger partial charge is 0.272 e. The molecule has 7 nitrogen and oxygen atoms in total. The zero-order valence-electron chi connectivity index (χ0n) is 14.0. The van der Waals surface area contributed by atoms with Gasteiger partial charge < -0.3 is 14.6 Å². The van der Waals surface area contributed by atoms with Crippen LogP contribution in [-0.2, 0) is 17.7 Å². The van der Waals surface area contributed by atoms with E-state index in [1.165, 1.54) is 0 Å². The van der Waals surface area contributed by atoms with Gasteiger partial charge in [0.1, 0.15) is 0 Å². The first kappa shape index (κ1) is 15.4. The molecule has 0 bridgehead atoms. The lowest BCUT2D eigenvalue weighted by atomic mass is 9.80. The molecule has 4 rings (SSSR count). The standard InChI is InChI=1S/C17H23N5O2/c1-10-5-14-15(11(2)24-10)20-21-16(14)17(23)19-13-6-12(7-13)8-22-4-3-18-9-22/h3-4,9-13H,5-8H2,1-2H3,(H,19,23)(H,20,21)/t10-,11+,12?,13?/m1/s1. The number of fused-ring (bicyclic) bond motifs is 1. The Morgan fingerprint density at radius 1 is 1.46 bits per heavy atom. The first-order valence-corrected chi connectivity index (χ1v) is 8.59. The summed E-state index contributed by atoms with van der Waals surface area (Å²) in [4.78, 5) is 16.6. The van der Waals surface area contributed by atoms with Crippen LogP contribution in [0, 0.1) is 5.92 Å². The Morgan fingerprint density at radius 3 is 3.04 bits per heavy atom. The summed E-state index contributed by atoms with van der Waals surface area (Å²) < 4.78 is 7.87. The molecular formula is C17H23N5O2. The quantitative estimate of drug-likeness (QED) is 0.896. The summed E-state index contributed by atoms with van der Waals surface area (Å²) in [7, 11) is 0. The van der Waals surface area contributed by atoms with Gasteiger partial charge in [0.15, 0.2) is 5.69 Å². The number of nitrogens with one attached hydrogen (secondary N) is 2. The third kappa shape index (κ3) is 2.84. The van der Waals surface area contributed by atoms with Gasteiger partial charge in [-0.1, -0.05) is 0 Å². The van der Waals surface area contributed by atoms with Gasteiger partial charge in [-0.15, -0.1) is 0 Å². The second kappa shape index (κ2) is 6.05. The van der Waals surface area contributed by atoms with Crippen molar-refractivity contribution in [3.05, 3.63) is 35.7 Å². The molecule has 0 saturated heterocycles. The van der Waals surface area contributed by atoms with Gasteiger partial charge in [-0.05, 0) is 32.6 Å².